The van der Waals surface area contributed by atoms with Crippen LogP contribution in [0.15, 0.2) is 65.6 Å². The van der Waals surface area contributed by atoms with Crippen LogP contribution in [0.5, 0.6) is 5.75 Å². The Morgan fingerprint density at radius 1 is 0.976 bits per heavy atom. The van der Waals surface area contributed by atoms with Crippen molar-refractivity contribution >= 4 is 21.4 Å². The summed E-state index contributed by atoms with van der Waals surface area (Å²) in [5, 5.41) is 0. The number of nitrogens with zero attached hydrogens (tertiary/aromatic N) is 1. The fraction of sp³-hybridized carbons (Fsp3) is 0.357. The Bertz CT molecular complexity index is 1480. The summed E-state index contributed by atoms with van der Waals surface area (Å²) in [6, 6.07) is 10.8. The van der Waals surface area contributed by atoms with E-state index in [1.54, 1.807) is 19.2 Å². The molecule has 4 rings (SSSR count). The fourth-order valence-electron chi connectivity index (χ4n) is 4.58. The standard InChI is InChI=1S/C28H28F6N2O5S/c1-39-11-12-40-22-7-9-36(10-8-22)26-6-5-18(19-13-21(29)17-23(14-19)41-27(30)31)15-25(26)35-42(37,38)24-4-2-3-20(16-24)28(32,33)34/h2-6,13-17,22,27,35H,7-12H2,1H3. The van der Waals surface area contributed by atoms with Gasteiger partial charge in [0.15, 0.2) is 0 Å². The predicted octanol–water partition coefficient (Wildman–Crippen LogP) is 6.55. The molecule has 14 heteroatoms. The molecular weight excluding hydrogens is 590 g/mol. The molecule has 7 nitrogen and oxygen atoms in total. The van der Waals surface area contributed by atoms with Crippen LogP contribution in [0.2, 0.25) is 0 Å². The molecule has 0 amide bonds. The Morgan fingerprint density at radius 3 is 2.38 bits per heavy atom. The van der Waals surface area contributed by atoms with E-state index < -0.39 is 44.8 Å². The average molecular weight is 619 g/mol. The molecule has 1 fully saturated rings. The molecule has 0 saturated carbocycles. The minimum Gasteiger partial charge on any atom is -0.435 e. The van der Waals surface area contributed by atoms with Crippen LogP contribution in [0, 0.1) is 5.82 Å². The van der Waals surface area contributed by atoms with E-state index in [1.807, 2.05) is 4.90 Å². The number of sulfonamides is 1. The minimum atomic E-state index is -4.76. The quantitative estimate of drug-likeness (QED) is 0.194. The van der Waals surface area contributed by atoms with Crippen LogP contribution in [0.4, 0.5) is 37.7 Å². The second kappa shape index (κ2) is 13.2. The summed E-state index contributed by atoms with van der Waals surface area (Å²) in [4.78, 5) is 1.28. The number of halogens is 6. The molecule has 1 heterocycles. The van der Waals surface area contributed by atoms with Gasteiger partial charge in [-0.2, -0.15) is 22.0 Å². The van der Waals surface area contributed by atoms with Crippen molar-refractivity contribution in [2.24, 2.45) is 0 Å². The zero-order chi connectivity index (χ0) is 30.5. The highest BCUT2D eigenvalue weighted by molar-refractivity contribution is 7.92. The molecule has 3 aromatic carbocycles. The Balaban J connectivity index is 1.70. The lowest BCUT2D eigenvalue weighted by Gasteiger charge is -2.35. The third-order valence-electron chi connectivity index (χ3n) is 6.57. The highest BCUT2D eigenvalue weighted by atomic mass is 32.2. The molecule has 1 aliphatic rings. The van der Waals surface area contributed by atoms with Crippen LogP contribution < -0.4 is 14.4 Å². The van der Waals surface area contributed by atoms with Crippen molar-refractivity contribution in [1.29, 1.82) is 0 Å². The Kier molecular flexibility index (Phi) is 9.89. The van der Waals surface area contributed by atoms with E-state index in [0.29, 0.717) is 50.9 Å². The van der Waals surface area contributed by atoms with Crippen LogP contribution in [0.25, 0.3) is 11.1 Å². The molecule has 42 heavy (non-hydrogen) atoms. The number of methoxy groups -OCH3 is 1. The summed E-state index contributed by atoms with van der Waals surface area (Å²) in [5.41, 5.74) is -0.352. The molecule has 0 aliphatic carbocycles. The number of ether oxygens (including phenoxy) is 3. The van der Waals surface area contributed by atoms with E-state index in [9.17, 15) is 34.8 Å². The molecule has 1 aliphatic heterocycles. The van der Waals surface area contributed by atoms with Crippen LogP contribution in [0.3, 0.4) is 0 Å². The fourth-order valence-corrected chi connectivity index (χ4v) is 5.69. The Hall–Kier alpha value is -3.49. The van der Waals surface area contributed by atoms with Crippen molar-refractivity contribution in [2.75, 3.05) is 43.0 Å². The van der Waals surface area contributed by atoms with Crippen LogP contribution in [-0.4, -0.2) is 54.5 Å². The van der Waals surface area contributed by atoms with Gasteiger partial charge >= 0.3 is 12.8 Å². The van der Waals surface area contributed by atoms with Gasteiger partial charge in [-0.05, 0) is 66.4 Å². The second-order valence-electron chi connectivity index (χ2n) is 9.47. The normalized spacial score (nSPS) is 14.8. The van der Waals surface area contributed by atoms with Gasteiger partial charge in [0.1, 0.15) is 11.6 Å². The Morgan fingerprint density at radius 2 is 1.71 bits per heavy atom. The number of hydrogen-bond acceptors (Lipinski definition) is 6. The van der Waals surface area contributed by atoms with Crippen LogP contribution in [0.1, 0.15) is 18.4 Å². The lowest BCUT2D eigenvalue weighted by molar-refractivity contribution is -0.137. The van der Waals surface area contributed by atoms with Gasteiger partial charge in [-0.3, -0.25) is 4.72 Å². The van der Waals surface area contributed by atoms with Gasteiger partial charge in [0, 0.05) is 26.3 Å². The summed E-state index contributed by atoms with van der Waals surface area (Å²) >= 11 is 0. The van der Waals surface area contributed by atoms with Crippen molar-refractivity contribution in [2.45, 2.75) is 36.6 Å². The molecule has 0 aromatic heterocycles. The van der Waals surface area contributed by atoms with E-state index in [-0.39, 0.29) is 22.9 Å². The highest BCUT2D eigenvalue weighted by Gasteiger charge is 2.32. The first kappa shape index (κ1) is 31.4. The zero-order valence-corrected chi connectivity index (χ0v) is 23.2. The molecule has 1 N–H and O–H groups in total. The molecule has 0 radical (unpaired) electrons. The number of piperidine rings is 1. The topological polar surface area (TPSA) is 77.1 Å². The summed E-state index contributed by atoms with van der Waals surface area (Å²) in [6.45, 7) is -1.39. The van der Waals surface area contributed by atoms with Crippen molar-refractivity contribution in [1.82, 2.24) is 0 Å². The third-order valence-corrected chi connectivity index (χ3v) is 7.93. The van der Waals surface area contributed by atoms with Crippen molar-refractivity contribution in [3.05, 3.63) is 72.0 Å². The first-order chi connectivity index (χ1) is 19.9. The maximum absolute atomic E-state index is 14.3. The Labute approximate surface area is 239 Å². The van der Waals surface area contributed by atoms with E-state index >= 15 is 0 Å². The molecule has 1 saturated heterocycles. The number of nitrogens with one attached hydrogen (secondary N) is 1. The smallest absolute Gasteiger partial charge is 0.416 e. The molecule has 0 unspecified atom stereocenters. The van der Waals surface area contributed by atoms with E-state index in [1.165, 1.54) is 6.07 Å². The summed E-state index contributed by atoms with van der Waals surface area (Å²) in [6.07, 6.45) is -3.57. The van der Waals surface area contributed by atoms with Gasteiger partial charge in [0.05, 0.1) is 41.2 Å². The van der Waals surface area contributed by atoms with E-state index in [0.717, 1.165) is 36.4 Å². The largest absolute Gasteiger partial charge is 0.435 e. The van der Waals surface area contributed by atoms with Gasteiger partial charge in [0.25, 0.3) is 10.0 Å². The van der Waals surface area contributed by atoms with E-state index in [2.05, 4.69) is 9.46 Å². The SMILES string of the molecule is COCCOC1CCN(c2ccc(-c3cc(F)cc(OC(F)F)c3)cc2NS(=O)(=O)c2cccc(C(F)(F)F)c2)CC1. The lowest BCUT2D eigenvalue weighted by atomic mass is 10.0. The second-order valence-corrected chi connectivity index (χ2v) is 11.1. The molecule has 228 valence electrons. The van der Waals surface area contributed by atoms with E-state index in [4.69, 9.17) is 9.47 Å². The van der Waals surface area contributed by atoms with Crippen molar-refractivity contribution in [3.63, 3.8) is 0 Å². The van der Waals surface area contributed by atoms with Gasteiger partial charge in [-0.25, -0.2) is 12.8 Å². The number of benzene rings is 3. The van der Waals surface area contributed by atoms with Crippen molar-refractivity contribution in [3.8, 4) is 16.9 Å². The summed E-state index contributed by atoms with van der Waals surface area (Å²) in [7, 11) is -2.96. The molecule has 0 spiro atoms. The van der Waals surface area contributed by atoms with Crippen LogP contribution >= 0.6 is 0 Å². The maximum Gasteiger partial charge on any atom is 0.416 e. The highest BCUT2D eigenvalue weighted by Crippen LogP contribution is 2.37. The first-order valence-corrected chi connectivity index (χ1v) is 14.3. The summed E-state index contributed by atoms with van der Waals surface area (Å²) in [5.74, 6) is -1.31. The number of alkyl halides is 5. The third kappa shape index (κ3) is 8.07. The monoisotopic (exact) mass is 618 g/mol. The molecule has 3 aromatic rings. The summed E-state index contributed by atoms with van der Waals surface area (Å²) < 4.78 is 124. The van der Waals surface area contributed by atoms with Crippen molar-refractivity contribution < 1.29 is 49.0 Å². The average Bonchev–Trinajstić information content (AvgIpc) is 2.92. The molecule has 0 atom stereocenters. The number of anilines is 2. The molecular formula is C28H28F6N2O5S. The number of hydrogen-bond donors (Lipinski definition) is 1. The van der Waals surface area contributed by atoms with Crippen LogP contribution in [-0.2, 0) is 25.7 Å². The predicted molar refractivity (Wildman–Crippen MR) is 144 cm³/mol. The number of rotatable bonds is 11. The van der Waals surface area contributed by atoms with Gasteiger partial charge in [-0.1, -0.05) is 12.1 Å². The van der Waals surface area contributed by atoms with Gasteiger partial charge < -0.3 is 19.1 Å². The van der Waals surface area contributed by atoms with Gasteiger partial charge in [0.2, 0.25) is 0 Å². The molecule has 0 bridgehead atoms. The lowest BCUT2D eigenvalue weighted by Crippen LogP contribution is -2.38. The zero-order valence-electron chi connectivity index (χ0n) is 22.3. The van der Waals surface area contributed by atoms with Gasteiger partial charge in [-0.15, -0.1) is 0 Å². The first-order valence-electron chi connectivity index (χ1n) is 12.8. The minimum absolute atomic E-state index is 0.00394. The maximum atomic E-state index is 14.3.